The summed E-state index contributed by atoms with van der Waals surface area (Å²) in [5, 5.41) is 3.39. The fourth-order valence-corrected chi connectivity index (χ4v) is 3.17. The van der Waals surface area contributed by atoms with E-state index in [-0.39, 0.29) is 10.9 Å². The van der Waals surface area contributed by atoms with E-state index >= 15 is 0 Å². The van der Waals surface area contributed by atoms with Crippen LogP contribution in [0, 0.1) is 0 Å². The normalized spacial score (nSPS) is 13.4. The van der Waals surface area contributed by atoms with E-state index < -0.39 is 10.0 Å². The Morgan fingerprint density at radius 2 is 2.00 bits per heavy atom. The summed E-state index contributed by atoms with van der Waals surface area (Å²) >= 11 is 0. The Morgan fingerprint density at radius 1 is 1.26 bits per heavy atom. The van der Waals surface area contributed by atoms with E-state index in [2.05, 4.69) is 33.4 Å². The Labute approximate surface area is 138 Å². The van der Waals surface area contributed by atoms with Gasteiger partial charge >= 0.3 is 0 Å². The SMILES string of the molecule is CNS(=O)(=O)c1cccc([C@@H](C)NCc2nccn2C(C)C)c1. The van der Waals surface area contributed by atoms with Gasteiger partial charge in [-0.15, -0.1) is 0 Å². The van der Waals surface area contributed by atoms with Gasteiger partial charge in [-0.1, -0.05) is 12.1 Å². The highest BCUT2D eigenvalue weighted by Gasteiger charge is 2.14. The van der Waals surface area contributed by atoms with Crippen LogP contribution in [0.15, 0.2) is 41.6 Å². The first kappa shape index (κ1) is 17.7. The van der Waals surface area contributed by atoms with Crippen molar-refractivity contribution in [3.63, 3.8) is 0 Å². The maximum atomic E-state index is 11.9. The van der Waals surface area contributed by atoms with Gasteiger partial charge in [0.15, 0.2) is 0 Å². The molecule has 6 nitrogen and oxygen atoms in total. The van der Waals surface area contributed by atoms with E-state index in [1.54, 1.807) is 24.4 Å². The first-order chi connectivity index (χ1) is 10.8. The average molecular weight is 336 g/mol. The number of nitrogens with one attached hydrogen (secondary N) is 2. The Hall–Kier alpha value is -1.70. The minimum atomic E-state index is -3.42. The molecule has 0 saturated heterocycles. The average Bonchev–Trinajstić information content (AvgIpc) is 3.01. The second-order valence-corrected chi connectivity index (χ2v) is 7.61. The number of aromatic nitrogens is 2. The second-order valence-electron chi connectivity index (χ2n) is 5.73. The van der Waals surface area contributed by atoms with Gasteiger partial charge in [-0.25, -0.2) is 18.1 Å². The summed E-state index contributed by atoms with van der Waals surface area (Å²) in [7, 11) is -2.01. The third-order valence-corrected chi connectivity index (χ3v) is 5.22. The number of sulfonamides is 1. The topological polar surface area (TPSA) is 76.0 Å². The van der Waals surface area contributed by atoms with Crippen molar-refractivity contribution < 1.29 is 8.42 Å². The highest BCUT2D eigenvalue weighted by atomic mass is 32.2. The van der Waals surface area contributed by atoms with Crippen molar-refractivity contribution in [2.24, 2.45) is 0 Å². The lowest BCUT2D eigenvalue weighted by Crippen LogP contribution is -2.22. The van der Waals surface area contributed by atoms with E-state index in [0.29, 0.717) is 12.6 Å². The molecule has 0 aliphatic heterocycles. The molecule has 1 aromatic carbocycles. The van der Waals surface area contributed by atoms with Crippen LogP contribution in [0.2, 0.25) is 0 Å². The van der Waals surface area contributed by atoms with Gasteiger partial charge in [0.05, 0.1) is 11.4 Å². The van der Waals surface area contributed by atoms with E-state index in [4.69, 9.17) is 0 Å². The molecule has 0 fully saturated rings. The molecule has 2 aromatic rings. The van der Waals surface area contributed by atoms with Gasteiger partial charge in [0, 0.05) is 24.5 Å². The lowest BCUT2D eigenvalue weighted by Gasteiger charge is -2.17. The summed E-state index contributed by atoms with van der Waals surface area (Å²) in [5.74, 6) is 0.964. The van der Waals surface area contributed by atoms with E-state index in [9.17, 15) is 8.42 Å². The molecule has 0 unspecified atom stereocenters. The van der Waals surface area contributed by atoms with Crippen LogP contribution in [0.5, 0.6) is 0 Å². The first-order valence-corrected chi connectivity index (χ1v) is 9.12. The molecule has 0 amide bonds. The number of hydrogen-bond acceptors (Lipinski definition) is 4. The van der Waals surface area contributed by atoms with Crippen molar-refractivity contribution in [1.82, 2.24) is 19.6 Å². The Kier molecular flexibility index (Phi) is 5.56. The Balaban J connectivity index is 2.11. The minimum Gasteiger partial charge on any atom is -0.331 e. The summed E-state index contributed by atoms with van der Waals surface area (Å²) in [6.07, 6.45) is 3.76. The van der Waals surface area contributed by atoms with Gasteiger partial charge in [-0.05, 0) is 45.5 Å². The van der Waals surface area contributed by atoms with Crippen LogP contribution < -0.4 is 10.0 Å². The molecule has 0 spiro atoms. The molecule has 1 aromatic heterocycles. The van der Waals surface area contributed by atoms with Gasteiger partial charge in [-0.3, -0.25) is 0 Å². The van der Waals surface area contributed by atoms with Gasteiger partial charge < -0.3 is 9.88 Å². The molecule has 0 saturated carbocycles. The molecule has 126 valence electrons. The number of hydrogen-bond donors (Lipinski definition) is 2. The molecule has 0 bridgehead atoms. The fourth-order valence-electron chi connectivity index (χ4n) is 2.38. The quantitative estimate of drug-likeness (QED) is 0.813. The molecule has 0 aliphatic rings. The molecule has 2 N–H and O–H groups in total. The van der Waals surface area contributed by atoms with Crippen LogP contribution in [-0.2, 0) is 16.6 Å². The third kappa shape index (κ3) is 4.19. The maximum Gasteiger partial charge on any atom is 0.240 e. The van der Waals surface area contributed by atoms with Gasteiger partial charge in [-0.2, -0.15) is 0 Å². The van der Waals surface area contributed by atoms with Crippen LogP contribution >= 0.6 is 0 Å². The van der Waals surface area contributed by atoms with Crippen LogP contribution in [0.3, 0.4) is 0 Å². The molecule has 2 rings (SSSR count). The van der Waals surface area contributed by atoms with E-state index in [1.807, 2.05) is 19.2 Å². The predicted molar refractivity (Wildman–Crippen MR) is 90.6 cm³/mol. The fraction of sp³-hybridized carbons (Fsp3) is 0.438. The Morgan fingerprint density at radius 3 is 2.65 bits per heavy atom. The van der Waals surface area contributed by atoms with Crippen molar-refractivity contribution in [2.75, 3.05) is 7.05 Å². The van der Waals surface area contributed by atoms with Crippen molar-refractivity contribution in [1.29, 1.82) is 0 Å². The lowest BCUT2D eigenvalue weighted by atomic mass is 10.1. The van der Waals surface area contributed by atoms with Crippen molar-refractivity contribution >= 4 is 10.0 Å². The summed E-state index contributed by atoms with van der Waals surface area (Å²) in [6, 6.07) is 7.33. The number of nitrogens with zero attached hydrogens (tertiary/aromatic N) is 2. The molecular weight excluding hydrogens is 312 g/mol. The maximum absolute atomic E-state index is 11.9. The first-order valence-electron chi connectivity index (χ1n) is 7.63. The van der Waals surface area contributed by atoms with Crippen LogP contribution in [0.25, 0.3) is 0 Å². The summed E-state index contributed by atoms with van der Waals surface area (Å²) in [6.45, 7) is 6.85. The largest absolute Gasteiger partial charge is 0.331 e. The van der Waals surface area contributed by atoms with Crippen LogP contribution in [0.1, 0.15) is 44.2 Å². The monoisotopic (exact) mass is 336 g/mol. The highest BCUT2D eigenvalue weighted by Crippen LogP contribution is 2.18. The predicted octanol–water partition coefficient (Wildman–Crippen LogP) is 2.22. The Bertz CT molecular complexity index is 753. The van der Waals surface area contributed by atoms with Gasteiger partial charge in [0.2, 0.25) is 10.0 Å². The van der Waals surface area contributed by atoms with Crippen molar-refractivity contribution in [3.8, 4) is 0 Å². The second kappa shape index (κ2) is 7.25. The van der Waals surface area contributed by atoms with Crippen LogP contribution in [0.4, 0.5) is 0 Å². The molecule has 7 heteroatoms. The van der Waals surface area contributed by atoms with Gasteiger partial charge in [0.25, 0.3) is 0 Å². The van der Waals surface area contributed by atoms with Crippen molar-refractivity contribution in [3.05, 3.63) is 48.0 Å². The minimum absolute atomic E-state index is 0.0133. The highest BCUT2D eigenvalue weighted by molar-refractivity contribution is 7.89. The van der Waals surface area contributed by atoms with Crippen LogP contribution in [-0.4, -0.2) is 25.0 Å². The number of rotatable bonds is 7. The summed E-state index contributed by atoms with van der Waals surface area (Å²) in [4.78, 5) is 4.64. The number of benzene rings is 1. The zero-order valence-electron chi connectivity index (χ0n) is 13.9. The standard InChI is InChI=1S/C16H24N4O2S/c1-12(2)20-9-8-18-16(20)11-19-13(3)14-6-5-7-15(10-14)23(21,22)17-4/h5-10,12-13,17,19H,11H2,1-4H3/t13-/m1/s1. The third-order valence-electron chi connectivity index (χ3n) is 3.81. The molecule has 0 aliphatic carbocycles. The summed E-state index contributed by atoms with van der Waals surface area (Å²) in [5.41, 5.74) is 0.920. The van der Waals surface area contributed by atoms with E-state index in [0.717, 1.165) is 11.4 Å². The number of imidazole rings is 1. The molecular formula is C16H24N4O2S. The van der Waals surface area contributed by atoms with E-state index in [1.165, 1.54) is 7.05 Å². The molecule has 1 heterocycles. The zero-order chi connectivity index (χ0) is 17.0. The lowest BCUT2D eigenvalue weighted by molar-refractivity contribution is 0.508. The van der Waals surface area contributed by atoms with Crippen molar-refractivity contribution in [2.45, 2.75) is 44.3 Å². The molecule has 1 atom stereocenters. The van der Waals surface area contributed by atoms with Gasteiger partial charge in [0.1, 0.15) is 5.82 Å². The smallest absolute Gasteiger partial charge is 0.240 e. The molecule has 0 radical (unpaired) electrons. The molecule has 23 heavy (non-hydrogen) atoms. The summed E-state index contributed by atoms with van der Waals surface area (Å²) < 4.78 is 28.2. The zero-order valence-corrected chi connectivity index (χ0v) is 14.8.